The quantitative estimate of drug-likeness (QED) is 0.667. The topological polar surface area (TPSA) is 66.8 Å². The van der Waals surface area contributed by atoms with Gasteiger partial charge in [-0.25, -0.2) is 4.79 Å². The Morgan fingerprint density at radius 1 is 1.16 bits per heavy atom. The maximum atomic E-state index is 10.7. The molecule has 4 heteroatoms. The van der Waals surface area contributed by atoms with Gasteiger partial charge < -0.3 is 14.9 Å². The Morgan fingerprint density at radius 2 is 1.84 bits per heavy atom. The Hall–Kier alpha value is -1.71. The van der Waals surface area contributed by atoms with Crippen molar-refractivity contribution in [3.05, 3.63) is 23.8 Å². The number of ether oxygens (including phenoxy) is 1. The van der Waals surface area contributed by atoms with E-state index in [1.165, 1.54) is 37.8 Å². The summed E-state index contributed by atoms with van der Waals surface area (Å²) in [7, 11) is 0. The molecule has 0 bridgehead atoms. The molecule has 1 rings (SSSR count). The standard InChI is InChI=1S/C15H22O4/c1-2-3-4-5-6-7-10-19-12-8-9-13(15(17)18)14(16)11-12/h8-9,11,16H,2-7,10H2,1H3,(H,17,18). The maximum Gasteiger partial charge on any atom is 0.339 e. The summed E-state index contributed by atoms with van der Waals surface area (Å²) in [5.41, 5.74) is -0.105. The highest BCUT2D eigenvalue weighted by atomic mass is 16.5. The molecule has 0 spiro atoms. The zero-order valence-corrected chi connectivity index (χ0v) is 11.4. The minimum Gasteiger partial charge on any atom is -0.507 e. The van der Waals surface area contributed by atoms with Gasteiger partial charge >= 0.3 is 5.97 Å². The molecular weight excluding hydrogens is 244 g/mol. The molecule has 0 unspecified atom stereocenters. The molecule has 0 atom stereocenters. The van der Waals surface area contributed by atoms with Crippen LogP contribution in [0.25, 0.3) is 0 Å². The van der Waals surface area contributed by atoms with Gasteiger partial charge in [0.1, 0.15) is 17.1 Å². The lowest BCUT2D eigenvalue weighted by Crippen LogP contribution is -2.00. The molecule has 0 heterocycles. The van der Waals surface area contributed by atoms with Gasteiger partial charge in [-0.3, -0.25) is 0 Å². The van der Waals surface area contributed by atoms with E-state index in [9.17, 15) is 9.90 Å². The van der Waals surface area contributed by atoms with Gasteiger partial charge in [-0.1, -0.05) is 39.0 Å². The van der Waals surface area contributed by atoms with Crippen LogP contribution < -0.4 is 4.74 Å². The van der Waals surface area contributed by atoms with Gasteiger partial charge in [0.05, 0.1) is 6.61 Å². The van der Waals surface area contributed by atoms with Crippen molar-refractivity contribution >= 4 is 5.97 Å². The van der Waals surface area contributed by atoms with E-state index in [0.29, 0.717) is 12.4 Å². The number of benzene rings is 1. The van der Waals surface area contributed by atoms with Crippen LogP contribution in [0.1, 0.15) is 55.8 Å². The lowest BCUT2D eigenvalue weighted by atomic mass is 10.1. The highest BCUT2D eigenvalue weighted by molar-refractivity contribution is 5.90. The molecule has 0 aromatic heterocycles. The second-order valence-electron chi connectivity index (χ2n) is 4.60. The number of hydrogen-bond acceptors (Lipinski definition) is 3. The van der Waals surface area contributed by atoms with E-state index >= 15 is 0 Å². The third-order valence-electron chi connectivity index (χ3n) is 2.97. The second kappa shape index (κ2) is 8.40. The first-order valence-corrected chi connectivity index (χ1v) is 6.84. The van der Waals surface area contributed by atoms with E-state index in [1.807, 2.05) is 0 Å². The first-order chi connectivity index (χ1) is 9.15. The number of rotatable bonds is 9. The molecule has 2 N–H and O–H groups in total. The predicted molar refractivity (Wildman–Crippen MR) is 73.9 cm³/mol. The van der Waals surface area contributed by atoms with E-state index in [4.69, 9.17) is 9.84 Å². The van der Waals surface area contributed by atoms with Crippen molar-refractivity contribution in [2.75, 3.05) is 6.61 Å². The Labute approximate surface area is 114 Å². The summed E-state index contributed by atoms with van der Waals surface area (Å²) < 4.78 is 5.48. The average molecular weight is 266 g/mol. The van der Waals surface area contributed by atoms with Crippen LogP contribution in [0.15, 0.2) is 18.2 Å². The number of carbonyl (C=O) groups is 1. The zero-order chi connectivity index (χ0) is 14.1. The van der Waals surface area contributed by atoms with Crippen LogP contribution in [0.2, 0.25) is 0 Å². The summed E-state index contributed by atoms with van der Waals surface area (Å²) in [4.78, 5) is 10.7. The fourth-order valence-electron chi connectivity index (χ4n) is 1.85. The largest absolute Gasteiger partial charge is 0.507 e. The molecule has 0 saturated heterocycles. The third kappa shape index (κ3) is 5.64. The molecule has 0 aliphatic carbocycles. The average Bonchev–Trinajstić information content (AvgIpc) is 2.37. The highest BCUT2D eigenvalue weighted by Gasteiger charge is 2.09. The summed E-state index contributed by atoms with van der Waals surface area (Å²) in [5.74, 6) is -0.885. The second-order valence-corrected chi connectivity index (χ2v) is 4.60. The molecule has 0 radical (unpaired) electrons. The minimum absolute atomic E-state index is 0.105. The van der Waals surface area contributed by atoms with Gasteiger partial charge in [-0.05, 0) is 18.6 Å². The first kappa shape index (κ1) is 15.3. The number of aromatic hydroxyl groups is 1. The Balaban J connectivity index is 2.26. The van der Waals surface area contributed by atoms with E-state index in [-0.39, 0.29) is 11.3 Å². The lowest BCUT2D eigenvalue weighted by Gasteiger charge is -2.07. The molecule has 1 aromatic carbocycles. The SMILES string of the molecule is CCCCCCCCOc1ccc(C(=O)O)c(O)c1. The van der Waals surface area contributed by atoms with Crippen molar-refractivity contribution in [1.29, 1.82) is 0 Å². The predicted octanol–water partition coefficient (Wildman–Crippen LogP) is 3.83. The molecule has 0 saturated carbocycles. The van der Waals surface area contributed by atoms with Gasteiger partial charge in [0.2, 0.25) is 0 Å². The normalized spacial score (nSPS) is 10.4. The summed E-state index contributed by atoms with van der Waals surface area (Å²) in [6.45, 7) is 2.79. The number of carboxylic acids is 1. The number of unbranched alkanes of at least 4 members (excludes halogenated alkanes) is 5. The molecule has 106 valence electrons. The summed E-state index contributed by atoms with van der Waals surface area (Å²) in [6.07, 6.45) is 7.13. The van der Waals surface area contributed by atoms with E-state index in [0.717, 1.165) is 12.8 Å². The zero-order valence-electron chi connectivity index (χ0n) is 11.4. The van der Waals surface area contributed by atoms with Crippen LogP contribution in [0.5, 0.6) is 11.5 Å². The minimum atomic E-state index is -1.14. The Bertz CT molecular complexity index is 401. The van der Waals surface area contributed by atoms with Crippen molar-refractivity contribution < 1.29 is 19.7 Å². The van der Waals surface area contributed by atoms with E-state index in [1.54, 1.807) is 6.07 Å². The number of carboxylic acid groups (broad SMARTS) is 1. The van der Waals surface area contributed by atoms with Crippen LogP contribution in [0.4, 0.5) is 0 Å². The van der Waals surface area contributed by atoms with Crippen molar-refractivity contribution in [3.63, 3.8) is 0 Å². The maximum absolute atomic E-state index is 10.7. The van der Waals surface area contributed by atoms with E-state index < -0.39 is 5.97 Å². The van der Waals surface area contributed by atoms with Crippen LogP contribution in [-0.2, 0) is 0 Å². The molecule has 0 aliphatic heterocycles. The van der Waals surface area contributed by atoms with Crippen molar-refractivity contribution in [1.82, 2.24) is 0 Å². The summed E-state index contributed by atoms with van der Waals surface area (Å²) >= 11 is 0. The Morgan fingerprint density at radius 3 is 2.47 bits per heavy atom. The Kier molecular flexibility index (Phi) is 6.79. The smallest absolute Gasteiger partial charge is 0.339 e. The fourth-order valence-corrected chi connectivity index (χ4v) is 1.85. The molecule has 1 aromatic rings. The van der Waals surface area contributed by atoms with Crippen molar-refractivity contribution in [2.24, 2.45) is 0 Å². The monoisotopic (exact) mass is 266 g/mol. The van der Waals surface area contributed by atoms with Gasteiger partial charge in [-0.15, -0.1) is 0 Å². The number of hydrogen-bond donors (Lipinski definition) is 2. The van der Waals surface area contributed by atoms with Crippen LogP contribution >= 0.6 is 0 Å². The van der Waals surface area contributed by atoms with Gasteiger partial charge in [0.25, 0.3) is 0 Å². The van der Waals surface area contributed by atoms with Crippen molar-refractivity contribution in [3.8, 4) is 11.5 Å². The summed E-state index contributed by atoms with van der Waals surface area (Å²) in [6, 6.07) is 4.27. The van der Waals surface area contributed by atoms with Gasteiger partial charge in [0, 0.05) is 6.07 Å². The first-order valence-electron chi connectivity index (χ1n) is 6.84. The molecule has 19 heavy (non-hydrogen) atoms. The number of phenols is 1. The van der Waals surface area contributed by atoms with Gasteiger partial charge in [-0.2, -0.15) is 0 Å². The number of aromatic carboxylic acids is 1. The molecule has 0 aliphatic rings. The lowest BCUT2D eigenvalue weighted by molar-refractivity contribution is 0.0693. The molecular formula is C15H22O4. The third-order valence-corrected chi connectivity index (χ3v) is 2.97. The van der Waals surface area contributed by atoms with Crippen LogP contribution in [0.3, 0.4) is 0 Å². The molecule has 0 amide bonds. The highest BCUT2D eigenvalue weighted by Crippen LogP contribution is 2.23. The van der Waals surface area contributed by atoms with Crippen LogP contribution in [-0.4, -0.2) is 22.8 Å². The molecule has 4 nitrogen and oxygen atoms in total. The van der Waals surface area contributed by atoms with E-state index in [2.05, 4.69) is 6.92 Å². The summed E-state index contributed by atoms with van der Waals surface area (Å²) in [5, 5.41) is 18.3. The van der Waals surface area contributed by atoms with Gasteiger partial charge in [0.15, 0.2) is 0 Å². The molecule has 0 fully saturated rings. The fraction of sp³-hybridized carbons (Fsp3) is 0.533. The van der Waals surface area contributed by atoms with Crippen molar-refractivity contribution in [2.45, 2.75) is 45.4 Å². The van der Waals surface area contributed by atoms with Crippen LogP contribution in [0, 0.1) is 0 Å².